The van der Waals surface area contributed by atoms with E-state index in [-0.39, 0.29) is 17.7 Å². The van der Waals surface area contributed by atoms with Gasteiger partial charge in [0.15, 0.2) is 0 Å². The second kappa shape index (κ2) is 4.53. The van der Waals surface area contributed by atoms with Gasteiger partial charge >= 0.3 is 5.97 Å². The van der Waals surface area contributed by atoms with Crippen LogP contribution in [0.25, 0.3) is 0 Å². The maximum absolute atomic E-state index is 13.9. The van der Waals surface area contributed by atoms with E-state index in [4.69, 9.17) is 4.74 Å². The first-order chi connectivity index (χ1) is 7.65. The lowest BCUT2D eigenvalue weighted by Gasteiger charge is -2.15. The standard InChI is InChI=1S/C12H12BrFO2/c1-16-12(15)10(7-5-6-7)8-3-2-4-9(13)11(8)14/h2-4,7,10H,5-6H2,1H3. The summed E-state index contributed by atoms with van der Waals surface area (Å²) in [6, 6.07) is 5.01. The van der Waals surface area contributed by atoms with Crippen molar-refractivity contribution in [2.75, 3.05) is 7.11 Å². The molecule has 1 aliphatic carbocycles. The molecule has 1 aliphatic rings. The van der Waals surface area contributed by atoms with Crippen LogP contribution in [-0.4, -0.2) is 13.1 Å². The highest BCUT2D eigenvalue weighted by Crippen LogP contribution is 2.44. The van der Waals surface area contributed by atoms with Gasteiger partial charge in [-0.2, -0.15) is 0 Å². The van der Waals surface area contributed by atoms with Crippen LogP contribution in [-0.2, 0) is 9.53 Å². The first kappa shape index (κ1) is 11.6. The summed E-state index contributed by atoms with van der Waals surface area (Å²) in [6.45, 7) is 0. The molecule has 0 aliphatic heterocycles. The number of esters is 1. The Hall–Kier alpha value is -0.900. The summed E-state index contributed by atoms with van der Waals surface area (Å²) in [7, 11) is 1.34. The minimum absolute atomic E-state index is 0.233. The second-order valence-corrected chi connectivity index (χ2v) is 4.84. The average Bonchev–Trinajstić information content (AvgIpc) is 3.08. The van der Waals surface area contributed by atoms with Gasteiger partial charge in [-0.1, -0.05) is 12.1 Å². The van der Waals surface area contributed by atoms with Crippen molar-refractivity contribution in [1.82, 2.24) is 0 Å². The molecule has 2 nitrogen and oxygen atoms in total. The van der Waals surface area contributed by atoms with Gasteiger partial charge in [0.05, 0.1) is 17.5 Å². The fourth-order valence-electron chi connectivity index (χ4n) is 1.89. The summed E-state index contributed by atoms with van der Waals surface area (Å²) in [5, 5.41) is 0. The molecule has 0 saturated heterocycles. The summed E-state index contributed by atoms with van der Waals surface area (Å²) in [5.41, 5.74) is 0.434. The van der Waals surface area contributed by atoms with Crippen molar-refractivity contribution < 1.29 is 13.9 Å². The van der Waals surface area contributed by atoms with Crippen LogP contribution in [0, 0.1) is 11.7 Å². The molecule has 4 heteroatoms. The maximum Gasteiger partial charge on any atom is 0.313 e. The zero-order valence-electron chi connectivity index (χ0n) is 8.87. The molecular weight excluding hydrogens is 275 g/mol. The predicted octanol–water partition coefficient (Wildman–Crippen LogP) is 3.25. The fourth-order valence-corrected chi connectivity index (χ4v) is 2.27. The number of carbonyl (C=O) groups is 1. The smallest absolute Gasteiger partial charge is 0.313 e. The van der Waals surface area contributed by atoms with Crippen molar-refractivity contribution in [3.8, 4) is 0 Å². The Bertz CT molecular complexity index is 415. The molecule has 1 unspecified atom stereocenters. The Kier molecular flexibility index (Phi) is 3.28. The van der Waals surface area contributed by atoms with Crippen LogP contribution in [0.3, 0.4) is 0 Å². The summed E-state index contributed by atoms with van der Waals surface area (Å²) >= 11 is 3.13. The lowest BCUT2D eigenvalue weighted by molar-refractivity contribution is -0.143. The normalized spacial score (nSPS) is 16.9. The molecule has 2 rings (SSSR count). The van der Waals surface area contributed by atoms with E-state index in [1.807, 2.05) is 0 Å². The van der Waals surface area contributed by atoms with Crippen molar-refractivity contribution >= 4 is 21.9 Å². The van der Waals surface area contributed by atoms with E-state index < -0.39 is 5.92 Å². The van der Waals surface area contributed by atoms with Crippen molar-refractivity contribution in [1.29, 1.82) is 0 Å². The van der Waals surface area contributed by atoms with Gasteiger partial charge in [0, 0.05) is 5.56 Å². The lowest BCUT2D eigenvalue weighted by atomic mass is 9.94. The van der Waals surface area contributed by atoms with E-state index in [9.17, 15) is 9.18 Å². The number of hydrogen-bond donors (Lipinski definition) is 0. The van der Waals surface area contributed by atoms with Gasteiger partial charge in [-0.25, -0.2) is 4.39 Å². The Morgan fingerprint density at radius 1 is 1.56 bits per heavy atom. The van der Waals surface area contributed by atoms with E-state index in [0.29, 0.717) is 10.0 Å². The largest absolute Gasteiger partial charge is 0.469 e. The quantitative estimate of drug-likeness (QED) is 0.798. The maximum atomic E-state index is 13.9. The van der Waals surface area contributed by atoms with Crippen molar-refractivity contribution in [3.63, 3.8) is 0 Å². The Balaban J connectivity index is 2.38. The Morgan fingerprint density at radius 2 is 2.25 bits per heavy atom. The Morgan fingerprint density at radius 3 is 2.81 bits per heavy atom. The molecular formula is C12H12BrFO2. The van der Waals surface area contributed by atoms with E-state index in [2.05, 4.69) is 15.9 Å². The number of methoxy groups -OCH3 is 1. The van der Waals surface area contributed by atoms with Crippen molar-refractivity contribution in [3.05, 3.63) is 34.1 Å². The van der Waals surface area contributed by atoms with Crippen LogP contribution < -0.4 is 0 Å². The van der Waals surface area contributed by atoms with Gasteiger partial charge in [0.2, 0.25) is 0 Å². The number of ether oxygens (including phenoxy) is 1. The fraction of sp³-hybridized carbons (Fsp3) is 0.417. The molecule has 0 N–H and O–H groups in total. The first-order valence-electron chi connectivity index (χ1n) is 5.17. The highest BCUT2D eigenvalue weighted by atomic mass is 79.9. The number of halogens is 2. The van der Waals surface area contributed by atoms with Crippen LogP contribution in [0.5, 0.6) is 0 Å². The molecule has 1 fully saturated rings. The summed E-state index contributed by atoms with van der Waals surface area (Å²) in [4.78, 5) is 11.7. The number of benzene rings is 1. The van der Waals surface area contributed by atoms with Gasteiger partial charge in [0.1, 0.15) is 5.82 Å². The van der Waals surface area contributed by atoms with E-state index in [1.54, 1.807) is 18.2 Å². The first-order valence-corrected chi connectivity index (χ1v) is 5.96. The third-order valence-electron chi connectivity index (χ3n) is 2.87. The van der Waals surface area contributed by atoms with Gasteiger partial charge < -0.3 is 4.74 Å². The molecule has 1 aromatic carbocycles. The van der Waals surface area contributed by atoms with Crippen LogP contribution in [0.15, 0.2) is 22.7 Å². The molecule has 1 saturated carbocycles. The highest BCUT2D eigenvalue weighted by Gasteiger charge is 2.39. The lowest BCUT2D eigenvalue weighted by Crippen LogP contribution is -2.17. The Labute approximate surface area is 102 Å². The third-order valence-corrected chi connectivity index (χ3v) is 3.48. The summed E-state index contributed by atoms with van der Waals surface area (Å²) in [6.07, 6.45) is 1.93. The molecule has 1 atom stereocenters. The van der Waals surface area contributed by atoms with E-state index in [1.165, 1.54) is 7.11 Å². The van der Waals surface area contributed by atoms with Crippen LogP contribution in [0.1, 0.15) is 24.3 Å². The summed E-state index contributed by atoms with van der Waals surface area (Å²) < 4.78 is 19.0. The number of rotatable bonds is 3. The molecule has 0 radical (unpaired) electrons. The molecule has 86 valence electrons. The topological polar surface area (TPSA) is 26.3 Å². The summed E-state index contributed by atoms with van der Waals surface area (Å²) in [5.74, 6) is -0.928. The molecule has 0 bridgehead atoms. The van der Waals surface area contributed by atoms with E-state index >= 15 is 0 Å². The van der Waals surface area contributed by atoms with Gasteiger partial charge in [-0.05, 0) is 40.8 Å². The molecule has 16 heavy (non-hydrogen) atoms. The molecule has 0 amide bonds. The highest BCUT2D eigenvalue weighted by molar-refractivity contribution is 9.10. The molecule has 0 heterocycles. The SMILES string of the molecule is COC(=O)C(c1cccc(Br)c1F)C1CC1. The van der Waals surface area contributed by atoms with Gasteiger partial charge in [-0.15, -0.1) is 0 Å². The van der Waals surface area contributed by atoms with E-state index in [0.717, 1.165) is 12.8 Å². The van der Waals surface area contributed by atoms with Gasteiger partial charge in [-0.3, -0.25) is 4.79 Å². The van der Waals surface area contributed by atoms with Crippen molar-refractivity contribution in [2.45, 2.75) is 18.8 Å². The number of hydrogen-bond acceptors (Lipinski definition) is 2. The predicted molar refractivity (Wildman–Crippen MR) is 61.6 cm³/mol. The molecule has 0 spiro atoms. The minimum atomic E-state index is -0.456. The average molecular weight is 287 g/mol. The zero-order valence-corrected chi connectivity index (χ0v) is 10.5. The van der Waals surface area contributed by atoms with Crippen molar-refractivity contribution in [2.24, 2.45) is 5.92 Å². The molecule has 0 aromatic heterocycles. The van der Waals surface area contributed by atoms with Gasteiger partial charge in [0.25, 0.3) is 0 Å². The van der Waals surface area contributed by atoms with Crippen LogP contribution in [0.4, 0.5) is 4.39 Å². The molecule has 1 aromatic rings. The monoisotopic (exact) mass is 286 g/mol. The van der Waals surface area contributed by atoms with Crippen LogP contribution >= 0.6 is 15.9 Å². The zero-order chi connectivity index (χ0) is 11.7. The third kappa shape index (κ3) is 2.12. The minimum Gasteiger partial charge on any atom is -0.469 e. The van der Waals surface area contributed by atoms with Crippen LogP contribution in [0.2, 0.25) is 0 Å². The second-order valence-electron chi connectivity index (χ2n) is 3.98. The number of carbonyl (C=O) groups excluding carboxylic acids is 1.